The molecule has 35 heavy (non-hydrogen) atoms. The molecule has 1 unspecified atom stereocenters. The first-order valence-corrected chi connectivity index (χ1v) is 11.0. The molecule has 5 heterocycles. The van der Waals surface area contributed by atoms with E-state index in [-0.39, 0.29) is 34.3 Å². The van der Waals surface area contributed by atoms with Crippen molar-refractivity contribution in [3.63, 3.8) is 0 Å². The lowest BCUT2D eigenvalue weighted by Gasteiger charge is -2.24. The fourth-order valence-electron chi connectivity index (χ4n) is 4.26. The average Bonchev–Trinajstić information content (AvgIpc) is 3.26. The largest absolute Gasteiger partial charge is 0.419 e. The van der Waals surface area contributed by atoms with Gasteiger partial charge in [0.15, 0.2) is 0 Å². The third-order valence-corrected chi connectivity index (χ3v) is 6.07. The van der Waals surface area contributed by atoms with Gasteiger partial charge in [-0.1, -0.05) is 0 Å². The average molecular weight is 485 g/mol. The van der Waals surface area contributed by atoms with Gasteiger partial charge in [-0.05, 0) is 31.5 Å². The van der Waals surface area contributed by atoms with Gasteiger partial charge in [-0.3, -0.25) is 14.2 Å². The van der Waals surface area contributed by atoms with E-state index in [1.165, 1.54) is 39.9 Å². The number of H-pyrrole nitrogens is 1. The van der Waals surface area contributed by atoms with Gasteiger partial charge in [-0.15, -0.1) is 0 Å². The van der Waals surface area contributed by atoms with E-state index in [2.05, 4.69) is 25.6 Å². The molecule has 0 amide bonds. The highest BCUT2D eigenvalue weighted by atomic mass is 19.4. The summed E-state index contributed by atoms with van der Waals surface area (Å²) in [4.78, 5) is 35.8. The van der Waals surface area contributed by atoms with Crippen molar-refractivity contribution in [2.75, 3.05) is 18.4 Å². The van der Waals surface area contributed by atoms with Gasteiger partial charge >= 0.3 is 6.18 Å². The molecule has 4 aromatic heterocycles. The summed E-state index contributed by atoms with van der Waals surface area (Å²) >= 11 is 0. The Morgan fingerprint density at radius 3 is 2.74 bits per heavy atom. The smallest absolute Gasteiger partial charge is 0.356 e. The second-order valence-electron chi connectivity index (χ2n) is 8.46. The lowest BCUT2D eigenvalue weighted by molar-refractivity contribution is -0.137. The van der Waals surface area contributed by atoms with E-state index >= 15 is 0 Å². The van der Waals surface area contributed by atoms with Crippen LogP contribution in [0.2, 0.25) is 0 Å². The number of piperidine rings is 1. The number of anilines is 1. The first-order chi connectivity index (χ1) is 16.7. The number of nitrogens with one attached hydrogen (secondary N) is 3. The second kappa shape index (κ2) is 8.69. The van der Waals surface area contributed by atoms with Crippen LogP contribution in [-0.4, -0.2) is 43.2 Å². The van der Waals surface area contributed by atoms with Crippen LogP contribution >= 0.6 is 0 Å². The van der Waals surface area contributed by atoms with Crippen molar-refractivity contribution >= 4 is 16.9 Å². The van der Waals surface area contributed by atoms with Gasteiger partial charge < -0.3 is 20.2 Å². The molecule has 1 fully saturated rings. The molecule has 182 valence electrons. The van der Waals surface area contributed by atoms with E-state index in [1.807, 2.05) is 0 Å². The van der Waals surface area contributed by atoms with Crippen LogP contribution < -0.4 is 21.8 Å². The van der Waals surface area contributed by atoms with Crippen LogP contribution in [-0.2, 0) is 13.2 Å². The van der Waals surface area contributed by atoms with Gasteiger partial charge in [0.05, 0.1) is 11.4 Å². The minimum atomic E-state index is -4.69. The summed E-state index contributed by atoms with van der Waals surface area (Å²) in [6, 6.07) is 4.39. The predicted octanol–water partition coefficient (Wildman–Crippen LogP) is 2.66. The molecular weight excluding hydrogens is 463 g/mol. The lowest BCUT2D eigenvalue weighted by atomic mass is 10.1. The highest BCUT2D eigenvalue weighted by molar-refractivity contribution is 5.95. The Kier molecular flexibility index (Phi) is 5.67. The molecule has 0 spiro atoms. The van der Waals surface area contributed by atoms with Crippen molar-refractivity contribution in [1.82, 2.24) is 29.4 Å². The van der Waals surface area contributed by atoms with Crippen LogP contribution in [0.25, 0.3) is 27.8 Å². The number of pyridine rings is 2. The Balaban J connectivity index is 1.61. The molecule has 9 nitrogen and oxygen atoms in total. The number of alkyl halides is 3. The van der Waals surface area contributed by atoms with Gasteiger partial charge in [-0.25, -0.2) is 9.97 Å². The fourth-order valence-corrected chi connectivity index (χ4v) is 4.26. The zero-order chi connectivity index (χ0) is 24.7. The highest BCUT2D eigenvalue weighted by Crippen LogP contribution is 2.38. The van der Waals surface area contributed by atoms with Gasteiger partial charge in [0.2, 0.25) is 11.5 Å². The van der Waals surface area contributed by atoms with E-state index in [0.717, 1.165) is 25.6 Å². The number of halogens is 3. The Morgan fingerprint density at radius 1 is 1.20 bits per heavy atom. The Morgan fingerprint density at radius 2 is 2.03 bits per heavy atom. The van der Waals surface area contributed by atoms with Gasteiger partial charge in [0, 0.05) is 61.4 Å². The summed E-state index contributed by atoms with van der Waals surface area (Å²) in [7, 11) is 1.56. The monoisotopic (exact) mass is 485 g/mol. The molecule has 5 rings (SSSR count). The Labute approximate surface area is 196 Å². The molecule has 12 heteroatoms. The minimum Gasteiger partial charge on any atom is -0.356 e. The molecule has 0 saturated carbocycles. The van der Waals surface area contributed by atoms with Gasteiger partial charge in [-0.2, -0.15) is 13.2 Å². The van der Waals surface area contributed by atoms with Crippen molar-refractivity contribution in [1.29, 1.82) is 0 Å². The van der Waals surface area contributed by atoms with E-state index in [9.17, 15) is 22.8 Å². The van der Waals surface area contributed by atoms with Crippen molar-refractivity contribution in [3.8, 4) is 16.9 Å². The van der Waals surface area contributed by atoms with Crippen LogP contribution in [0, 0.1) is 0 Å². The maximum atomic E-state index is 13.9. The second-order valence-corrected chi connectivity index (χ2v) is 8.46. The van der Waals surface area contributed by atoms with E-state index < -0.39 is 17.3 Å². The highest BCUT2D eigenvalue weighted by Gasteiger charge is 2.36. The molecule has 1 atom stereocenters. The van der Waals surface area contributed by atoms with Crippen LogP contribution in [0.5, 0.6) is 0 Å². The molecular formula is C23H22F3N7O2. The predicted molar refractivity (Wildman–Crippen MR) is 125 cm³/mol. The lowest BCUT2D eigenvalue weighted by Crippen LogP contribution is -2.38. The maximum Gasteiger partial charge on any atom is 0.419 e. The minimum absolute atomic E-state index is 0.00495. The third-order valence-electron chi connectivity index (χ3n) is 6.07. The normalized spacial score (nSPS) is 16.5. The molecule has 3 N–H and O–H groups in total. The summed E-state index contributed by atoms with van der Waals surface area (Å²) in [5.41, 5.74) is -1.31. The topological polar surface area (TPSA) is 110 Å². The summed E-state index contributed by atoms with van der Waals surface area (Å²) in [5, 5.41) is 6.63. The molecule has 1 aliphatic heterocycles. The first-order valence-electron chi connectivity index (χ1n) is 11.0. The summed E-state index contributed by atoms with van der Waals surface area (Å²) in [5.74, 6) is 0.0922. The zero-order valence-corrected chi connectivity index (χ0v) is 18.7. The third kappa shape index (κ3) is 4.32. The fraction of sp³-hybridized carbons (Fsp3) is 0.304. The first kappa shape index (κ1) is 22.8. The molecule has 0 bridgehead atoms. The SMILES string of the molecule is Cn1cc(-n2ccc3c(-c4nc(NC5CCCNC5)ncc4C(F)(F)F)c[nH]c3c2=O)ccc1=O. The van der Waals surface area contributed by atoms with Gasteiger partial charge in [0.1, 0.15) is 11.1 Å². The Hall–Kier alpha value is -3.93. The summed E-state index contributed by atoms with van der Waals surface area (Å²) in [6.07, 6.45) is 2.19. The molecule has 1 saturated heterocycles. The number of nitrogens with zero attached hydrogens (tertiary/aromatic N) is 4. The standard InChI is InChI=1S/C23H22F3N7O2/c1-32-12-14(4-5-18(32)34)33-8-6-15-16(10-28-20(15)21(33)35)19-17(23(24,25)26)11-29-22(31-19)30-13-3-2-7-27-9-13/h4-6,8,10-13,27-28H,2-3,7,9H2,1H3,(H,29,30,31). The molecule has 1 aliphatic rings. The Bertz CT molecular complexity index is 1510. The van der Waals surface area contributed by atoms with Crippen molar-refractivity contribution in [3.05, 3.63) is 69.3 Å². The van der Waals surface area contributed by atoms with E-state index in [1.54, 1.807) is 13.1 Å². The maximum absolute atomic E-state index is 13.9. The van der Waals surface area contributed by atoms with Crippen LogP contribution in [0.4, 0.5) is 19.1 Å². The van der Waals surface area contributed by atoms with Crippen LogP contribution in [0.15, 0.2) is 52.6 Å². The summed E-state index contributed by atoms with van der Waals surface area (Å²) in [6.45, 7) is 1.56. The number of aromatic nitrogens is 5. The van der Waals surface area contributed by atoms with Crippen LogP contribution in [0.3, 0.4) is 0 Å². The molecule has 4 aromatic rings. The molecule has 0 aromatic carbocycles. The van der Waals surface area contributed by atoms with Crippen molar-refractivity contribution < 1.29 is 13.2 Å². The number of aromatic amines is 1. The quantitative estimate of drug-likeness (QED) is 0.410. The number of hydrogen-bond donors (Lipinski definition) is 3. The molecule has 0 aliphatic carbocycles. The van der Waals surface area contributed by atoms with Crippen LogP contribution in [0.1, 0.15) is 18.4 Å². The summed E-state index contributed by atoms with van der Waals surface area (Å²) < 4.78 is 44.2. The van der Waals surface area contributed by atoms with Crippen molar-refractivity contribution in [2.24, 2.45) is 7.05 Å². The molecule has 0 radical (unpaired) electrons. The number of aryl methyl sites for hydroxylation is 1. The van der Waals surface area contributed by atoms with E-state index in [0.29, 0.717) is 17.6 Å². The number of fused-ring (bicyclic) bond motifs is 1. The van der Waals surface area contributed by atoms with Gasteiger partial charge in [0.25, 0.3) is 5.56 Å². The number of rotatable bonds is 4. The number of hydrogen-bond acceptors (Lipinski definition) is 6. The van der Waals surface area contributed by atoms with Crippen molar-refractivity contribution in [2.45, 2.75) is 25.1 Å². The van der Waals surface area contributed by atoms with E-state index in [4.69, 9.17) is 0 Å². The zero-order valence-electron chi connectivity index (χ0n) is 18.7.